The van der Waals surface area contributed by atoms with Gasteiger partial charge in [0.1, 0.15) is 5.82 Å². The number of carbonyl (C=O) groups excluding carboxylic acids is 1. The van der Waals surface area contributed by atoms with Crippen LogP contribution in [0.5, 0.6) is 0 Å². The van der Waals surface area contributed by atoms with Crippen molar-refractivity contribution < 1.29 is 9.32 Å². The SMILES string of the molecule is O=C(CCCc1nc(-c2ccc(Cl)cc2)no1)NCc1nc(-c2ccc(Br)cc2)n[nH]1. The summed E-state index contributed by atoms with van der Waals surface area (Å²) >= 11 is 9.29. The summed E-state index contributed by atoms with van der Waals surface area (Å²) in [5.41, 5.74) is 1.72. The molecule has 0 saturated heterocycles. The van der Waals surface area contributed by atoms with E-state index in [0.717, 1.165) is 15.6 Å². The first-order chi connectivity index (χ1) is 15.1. The molecule has 0 saturated carbocycles. The average molecular weight is 502 g/mol. The molecule has 0 spiro atoms. The molecule has 2 aromatic carbocycles. The Labute approximate surface area is 191 Å². The van der Waals surface area contributed by atoms with Gasteiger partial charge in [-0.05, 0) is 42.8 Å². The first kappa shape index (κ1) is 21.2. The van der Waals surface area contributed by atoms with Gasteiger partial charge in [0.25, 0.3) is 0 Å². The Morgan fingerprint density at radius 1 is 1.03 bits per heavy atom. The number of hydrogen-bond donors (Lipinski definition) is 2. The van der Waals surface area contributed by atoms with Crippen molar-refractivity contribution in [3.8, 4) is 22.8 Å². The Morgan fingerprint density at radius 2 is 1.74 bits per heavy atom. The summed E-state index contributed by atoms with van der Waals surface area (Å²) in [6.07, 6.45) is 1.45. The average Bonchev–Trinajstić information content (AvgIpc) is 3.43. The van der Waals surface area contributed by atoms with E-state index in [1.54, 1.807) is 12.1 Å². The summed E-state index contributed by atoms with van der Waals surface area (Å²) in [5.74, 6) is 2.09. The number of benzene rings is 2. The van der Waals surface area contributed by atoms with Crippen LogP contribution >= 0.6 is 27.5 Å². The van der Waals surface area contributed by atoms with Gasteiger partial charge in [-0.25, -0.2) is 4.98 Å². The van der Waals surface area contributed by atoms with Crippen LogP contribution in [-0.4, -0.2) is 31.2 Å². The number of H-pyrrole nitrogens is 1. The van der Waals surface area contributed by atoms with E-state index in [1.807, 2.05) is 36.4 Å². The molecular formula is C21H18BrClN6O2. The lowest BCUT2D eigenvalue weighted by Gasteiger charge is -2.01. The Morgan fingerprint density at radius 3 is 2.52 bits per heavy atom. The number of rotatable bonds is 8. The zero-order valence-corrected chi connectivity index (χ0v) is 18.7. The van der Waals surface area contributed by atoms with Crippen molar-refractivity contribution in [1.29, 1.82) is 0 Å². The van der Waals surface area contributed by atoms with Crippen molar-refractivity contribution in [3.63, 3.8) is 0 Å². The number of aryl methyl sites for hydroxylation is 1. The van der Waals surface area contributed by atoms with E-state index in [4.69, 9.17) is 16.1 Å². The number of amides is 1. The molecule has 2 N–H and O–H groups in total. The second kappa shape index (κ2) is 9.84. The zero-order valence-electron chi connectivity index (χ0n) is 16.3. The van der Waals surface area contributed by atoms with Gasteiger partial charge in [-0.3, -0.25) is 9.89 Å². The van der Waals surface area contributed by atoms with Crippen LogP contribution in [-0.2, 0) is 17.8 Å². The van der Waals surface area contributed by atoms with Crippen LogP contribution in [0.4, 0.5) is 0 Å². The largest absolute Gasteiger partial charge is 0.349 e. The molecule has 0 unspecified atom stereocenters. The summed E-state index contributed by atoms with van der Waals surface area (Å²) in [6, 6.07) is 14.9. The minimum Gasteiger partial charge on any atom is -0.349 e. The Kier molecular flexibility index (Phi) is 6.73. The highest BCUT2D eigenvalue weighted by molar-refractivity contribution is 9.10. The van der Waals surface area contributed by atoms with Crippen molar-refractivity contribution in [2.75, 3.05) is 0 Å². The van der Waals surface area contributed by atoms with E-state index in [2.05, 4.69) is 46.6 Å². The molecule has 158 valence electrons. The molecule has 8 nitrogen and oxygen atoms in total. The first-order valence-corrected chi connectivity index (χ1v) is 10.8. The van der Waals surface area contributed by atoms with Crippen LogP contribution in [0.2, 0.25) is 5.02 Å². The third kappa shape index (κ3) is 5.77. The van der Waals surface area contributed by atoms with Gasteiger partial charge in [-0.15, -0.1) is 0 Å². The highest BCUT2D eigenvalue weighted by Crippen LogP contribution is 2.20. The molecule has 2 heterocycles. The number of carbonyl (C=O) groups is 1. The molecule has 0 aliphatic heterocycles. The summed E-state index contributed by atoms with van der Waals surface area (Å²) in [4.78, 5) is 20.9. The van der Waals surface area contributed by atoms with Crippen LogP contribution in [0.25, 0.3) is 22.8 Å². The minimum absolute atomic E-state index is 0.0842. The molecule has 0 aliphatic carbocycles. The number of nitrogens with zero attached hydrogens (tertiary/aromatic N) is 4. The maximum Gasteiger partial charge on any atom is 0.226 e. The van der Waals surface area contributed by atoms with Crippen LogP contribution < -0.4 is 5.32 Å². The molecule has 0 fully saturated rings. The smallest absolute Gasteiger partial charge is 0.226 e. The summed E-state index contributed by atoms with van der Waals surface area (Å²) in [5, 5.41) is 14.5. The fraction of sp³-hybridized carbons (Fsp3) is 0.190. The second-order valence-corrected chi connectivity index (χ2v) is 8.11. The van der Waals surface area contributed by atoms with Crippen LogP contribution in [0.3, 0.4) is 0 Å². The van der Waals surface area contributed by atoms with Crippen molar-refractivity contribution in [2.45, 2.75) is 25.8 Å². The lowest BCUT2D eigenvalue weighted by atomic mass is 10.2. The van der Waals surface area contributed by atoms with Gasteiger partial charge < -0.3 is 9.84 Å². The fourth-order valence-corrected chi connectivity index (χ4v) is 3.24. The molecule has 0 bridgehead atoms. The maximum atomic E-state index is 12.1. The first-order valence-electron chi connectivity index (χ1n) is 9.59. The van der Waals surface area contributed by atoms with Gasteiger partial charge in [0, 0.05) is 33.5 Å². The van der Waals surface area contributed by atoms with Crippen molar-refractivity contribution in [2.24, 2.45) is 0 Å². The summed E-state index contributed by atoms with van der Waals surface area (Å²) in [7, 11) is 0. The van der Waals surface area contributed by atoms with E-state index < -0.39 is 0 Å². The number of nitrogens with one attached hydrogen (secondary N) is 2. The predicted molar refractivity (Wildman–Crippen MR) is 119 cm³/mol. The van der Waals surface area contributed by atoms with E-state index in [0.29, 0.717) is 47.6 Å². The van der Waals surface area contributed by atoms with Gasteiger partial charge in [-0.1, -0.05) is 44.8 Å². The van der Waals surface area contributed by atoms with Crippen molar-refractivity contribution >= 4 is 33.4 Å². The molecular weight excluding hydrogens is 484 g/mol. The molecule has 4 aromatic rings. The van der Waals surface area contributed by atoms with Crippen molar-refractivity contribution in [3.05, 3.63) is 69.7 Å². The second-order valence-electron chi connectivity index (χ2n) is 6.76. The van der Waals surface area contributed by atoms with E-state index >= 15 is 0 Å². The lowest BCUT2D eigenvalue weighted by molar-refractivity contribution is -0.121. The molecule has 0 radical (unpaired) electrons. The fourth-order valence-electron chi connectivity index (χ4n) is 2.85. The topological polar surface area (TPSA) is 110 Å². The monoisotopic (exact) mass is 500 g/mol. The normalized spacial score (nSPS) is 10.9. The Balaban J connectivity index is 1.21. The molecule has 1 amide bonds. The predicted octanol–water partition coefficient (Wildman–Crippen LogP) is 4.58. The number of aromatic nitrogens is 5. The lowest BCUT2D eigenvalue weighted by Crippen LogP contribution is -2.23. The van der Waals surface area contributed by atoms with Gasteiger partial charge in [-0.2, -0.15) is 10.1 Å². The molecule has 31 heavy (non-hydrogen) atoms. The molecule has 2 aromatic heterocycles. The van der Waals surface area contributed by atoms with Gasteiger partial charge in [0.15, 0.2) is 5.82 Å². The number of hydrogen-bond acceptors (Lipinski definition) is 6. The highest BCUT2D eigenvalue weighted by atomic mass is 79.9. The Hall–Kier alpha value is -3.04. The zero-order chi connectivity index (χ0) is 21.6. The molecule has 10 heteroatoms. The highest BCUT2D eigenvalue weighted by Gasteiger charge is 2.11. The maximum absolute atomic E-state index is 12.1. The minimum atomic E-state index is -0.0842. The molecule has 4 rings (SSSR count). The number of aromatic amines is 1. The van der Waals surface area contributed by atoms with E-state index in [9.17, 15) is 4.79 Å². The number of halogens is 2. The van der Waals surface area contributed by atoms with E-state index in [-0.39, 0.29) is 12.5 Å². The molecule has 0 atom stereocenters. The summed E-state index contributed by atoms with van der Waals surface area (Å²) in [6.45, 7) is 0.281. The van der Waals surface area contributed by atoms with Gasteiger partial charge in [0.05, 0.1) is 6.54 Å². The standard InChI is InChI=1S/C21H18BrClN6O2/c22-15-8-4-13(5-9-15)20-25-17(27-28-20)12-24-18(30)2-1-3-19-26-21(29-31-19)14-6-10-16(23)11-7-14/h4-11H,1-3,12H2,(H,24,30)(H,25,27,28). The van der Waals surface area contributed by atoms with Crippen LogP contribution in [0.1, 0.15) is 24.6 Å². The third-order valence-electron chi connectivity index (χ3n) is 4.45. The quantitative estimate of drug-likeness (QED) is 0.366. The van der Waals surface area contributed by atoms with Gasteiger partial charge >= 0.3 is 0 Å². The van der Waals surface area contributed by atoms with Crippen LogP contribution in [0, 0.1) is 0 Å². The van der Waals surface area contributed by atoms with Gasteiger partial charge in [0.2, 0.25) is 17.6 Å². The summed E-state index contributed by atoms with van der Waals surface area (Å²) < 4.78 is 6.25. The Bertz CT molecular complexity index is 1160. The van der Waals surface area contributed by atoms with E-state index in [1.165, 1.54) is 0 Å². The molecule has 0 aliphatic rings. The van der Waals surface area contributed by atoms with Crippen LogP contribution in [0.15, 0.2) is 57.5 Å². The third-order valence-corrected chi connectivity index (χ3v) is 5.23. The van der Waals surface area contributed by atoms with Crippen molar-refractivity contribution in [1.82, 2.24) is 30.6 Å².